The molecule has 0 radical (unpaired) electrons. The van der Waals surface area contributed by atoms with E-state index in [1.807, 2.05) is 10.9 Å². The average molecular weight is 310 g/mol. The molecule has 0 unspecified atom stereocenters. The third kappa shape index (κ3) is 3.33. The lowest BCUT2D eigenvalue weighted by atomic mass is 10.2. The molecule has 4 heteroatoms. The first kappa shape index (κ1) is 14.9. The Morgan fingerprint density at radius 2 is 2.09 bits per heavy atom. The normalized spacial score (nSPS) is 22.9. The summed E-state index contributed by atoms with van der Waals surface area (Å²) in [5.74, 6) is 0. The lowest BCUT2D eigenvalue weighted by Gasteiger charge is -2.25. The summed E-state index contributed by atoms with van der Waals surface area (Å²) < 4.78 is 2.00. The number of hydrogen-bond acceptors (Lipinski definition) is 3. The van der Waals surface area contributed by atoms with Crippen LogP contribution in [0.3, 0.4) is 0 Å². The Hall–Kier alpha value is -1.65. The Balaban J connectivity index is 1.45. The zero-order valence-electron chi connectivity index (χ0n) is 14.0. The van der Waals surface area contributed by atoms with Crippen LogP contribution in [-0.2, 0) is 6.54 Å². The molecule has 3 heterocycles. The molecule has 0 bridgehead atoms. The number of nitrogens with zero attached hydrogens (tertiary/aromatic N) is 4. The number of benzene rings is 1. The molecule has 2 aromatic rings. The number of rotatable bonds is 3. The van der Waals surface area contributed by atoms with Crippen LogP contribution in [0.2, 0.25) is 0 Å². The van der Waals surface area contributed by atoms with Gasteiger partial charge in [0.15, 0.2) is 0 Å². The first-order valence-corrected chi connectivity index (χ1v) is 8.85. The van der Waals surface area contributed by atoms with Gasteiger partial charge in [-0.25, -0.2) is 4.68 Å². The average Bonchev–Trinajstić information content (AvgIpc) is 3.14. The van der Waals surface area contributed by atoms with Crippen LogP contribution in [0.15, 0.2) is 36.7 Å². The standard InChI is InChI=1S/C19H26N4/c1-16-5-2-6-18(11-16)23-14-17(12-20-23)13-21-8-4-10-22-9-3-7-19(22)15-21/h2,5-6,11-12,14,19H,3-4,7-10,13,15H2,1H3/t19-/m0/s1. The Morgan fingerprint density at radius 3 is 3.00 bits per heavy atom. The van der Waals surface area contributed by atoms with Crippen LogP contribution in [0.4, 0.5) is 0 Å². The van der Waals surface area contributed by atoms with Gasteiger partial charge < -0.3 is 0 Å². The van der Waals surface area contributed by atoms with E-state index in [1.54, 1.807) is 0 Å². The molecule has 2 saturated heterocycles. The Labute approximate surface area is 138 Å². The van der Waals surface area contributed by atoms with Crippen LogP contribution in [0.25, 0.3) is 5.69 Å². The number of hydrogen-bond donors (Lipinski definition) is 0. The van der Waals surface area contributed by atoms with E-state index in [1.165, 1.54) is 56.6 Å². The molecule has 4 rings (SSSR count). The maximum Gasteiger partial charge on any atom is 0.0648 e. The molecule has 23 heavy (non-hydrogen) atoms. The van der Waals surface area contributed by atoms with Crippen LogP contribution >= 0.6 is 0 Å². The van der Waals surface area contributed by atoms with Crippen molar-refractivity contribution in [2.75, 3.05) is 26.2 Å². The van der Waals surface area contributed by atoms with Crippen LogP contribution in [-0.4, -0.2) is 51.8 Å². The molecule has 0 amide bonds. The smallest absolute Gasteiger partial charge is 0.0648 e. The van der Waals surface area contributed by atoms with E-state index in [-0.39, 0.29) is 0 Å². The van der Waals surface area contributed by atoms with Crippen molar-refractivity contribution in [3.63, 3.8) is 0 Å². The molecule has 0 aliphatic carbocycles. The molecule has 2 fully saturated rings. The van der Waals surface area contributed by atoms with E-state index in [2.05, 4.69) is 52.3 Å². The molecule has 2 aliphatic rings. The van der Waals surface area contributed by atoms with E-state index in [0.717, 1.165) is 18.3 Å². The molecule has 1 aromatic heterocycles. The summed E-state index contributed by atoms with van der Waals surface area (Å²) in [6, 6.07) is 9.29. The van der Waals surface area contributed by atoms with Gasteiger partial charge in [-0.05, 0) is 63.5 Å². The van der Waals surface area contributed by atoms with E-state index >= 15 is 0 Å². The summed E-state index contributed by atoms with van der Waals surface area (Å²) in [6.45, 7) is 8.17. The summed E-state index contributed by atoms with van der Waals surface area (Å²) in [4.78, 5) is 5.31. The van der Waals surface area contributed by atoms with Gasteiger partial charge >= 0.3 is 0 Å². The highest BCUT2D eigenvalue weighted by atomic mass is 15.3. The molecule has 4 nitrogen and oxygen atoms in total. The Kier molecular flexibility index (Phi) is 4.19. The monoisotopic (exact) mass is 310 g/mol. The first-order chi connectivity index (χ1) is 11.3. The molecular weight excluding hydrogens is 284 g/mol. The fourth-order valence-electron chi connectivity index (χ4n) is 4.04. The van der Waals surface area contributed by atoms with Crippen LogP contribution in [0.5, 0.6) is 0 Å². The number of aromatic nitrogens is 2. The van der Waals surface area contributed by atoms with Gasteiger partial charge in [0.1, 0.15) is 0 Å². The molecule has 2 aliphatic heterocycles. The summed E-state index contributed by atoms with van der Waals surface area (Å²) in [5, 5.41) is 4.56. The van der Waals surface area contributed by atoms with Gasteiger partial charge in [0.25, 0.3) is 0 Å². The summed E-state index contributed by atoms with van der Waals surface area (Å²) in [6.07, 6.45) is 8.26. The number of fused-ring (bicyclic) bond motifs is 1. The minimum atomic E-state index is 0.782. The Morgan fingerprint density at radius 1 is 1.17 bits per heavy atom. The van der Waals surface area contributed by atoms with Gasteiger partial charge in [-0.1, -0.05) is 12.1 Å². The lowest BCUT2D eigenvalue weighted by Crippen LogP contribution is -2.36. The second kappa shape index (κ2) is 6.46. The molecule has 1 atom stereocenters. The zero-order valence-corrected chi connectivity index (χ0v) is 14.0. The van der Waals surface area contributed by atoms with Crippen LogP contribution < -0.4 is 0 Å². The van der Waals surface area contributed by atoms with Gasteiger partial charge in [0.2, 0.25) is 0 Å². The van der Waals surface area contributed by atoms with E-state index < -0.39 is 0 Å². The molecule has 0 N–H and O–H groups in total. The van der Waals surface area contributed by atoms with Crippen LogP contribution in [0, 0.1) is 6.92 Å². The van der Waals surface area contributed by atoms with Gasteiger partial charge in [-0.15, -0.1) is 0 Å². The quantitative estimate of drug-likeness (QED) is 0.871. The van der Waals surface area contributed by atoms with Crippen molar-refractivity contribution in [3.05, 3.63) is 47.8 Å². The number of aryl methyl sites for hydroxylation is 1. The van der Waals surface area contributed by atoms with Crippen molar-refractivity contribution >= 4 is 0 Å². The van der Waals surface area contributed by atoms with E-state index in [4.69, 9.17) is 0 Å². The minimum Gasteiger partial charge on any atom is -0.299 e. The highest BCUT2D eigenvalue weighted by molar-refractivity contribution is 5.35. The summed E-state index contributed by atoms with van der Waals surface area (Å²) >= 11 is 0. The summed E-state index contributed by atoms with van der Waals surface area (Å²) in [7, 11) is 0. The predicted octanol–water partition coefficient (Wildman–Crippen LogP) is 2.85. The second-order valence-corrected chi connectivity index (χ2v) is 7.05. The van der Waals surface area contributed by atoms with Crippen molar-refractivity contribution < 1.29 is 0 Å². The van der Waals surface area contributed by atoms with Crippen LogP contribution in [0.1, 0.15) is 30.4 Å². The fraction of sp³-hybridized carbons (Fsp3) is 0.526. The SMILES string of the molecule is Cc1cccc(-n2cc(CN3CCCN4CCC[C@H]4C3)cn2)c1. The van der Waals surface area contributed by atoms with Crippen molar-refractivity contribution in [1.29, 1.82) is 0 Å². The zero-order chi connectivity index (χ0) is 15.6. The van der Waals surface area contributed by atoms with Gasteiger partial charge in [-0.3, -0.25) is 9.80 Å². The first-order valence-electron chi connectivity index (χ1n) is 8.85. The largest absolute Gasteiger partial charge is 0.299 e. The third-order valence-corrected chi connectivity index (χ3v) is 5.20. The van der Waals surface area contributed by atoms with E-state index in [0.29, 0.717) is 0 Å². The van der Waals surface area contributed by atoms with Crippen molar-refractivity contribution in [3.8, 4) is 5.69 Å². The fourth-order valence-corrected chi connectivity index (χ4v) is 4.04. The highest BCUT2D eigenvalue weighted by Gasteiger charge is 2.28. The lowest BCUT2D eigenvalue weighted by molar-refractivity contribution is 0.215. The highest BCUT2D eigenvalue weighted by Crippen LogP contribution is 2.22. The van der Waals surface area contributed by atoms with Crippen molar-refractivity contribution in [1.82, 2.24) is 19.6 Å². The van der Waals surface area contributed by atoms with E-state index in [9.17, 15) is 0 Å². The summed E-state index contributed by atoms with van der Waals surface area (Å²) in [5.41, 5.74) is 3.74. The molecule has 0 spiro atoms. The van der Waals surface area contributed by atoms with Gasteiger partial charge in [0, 0.05) is 30.9 Å². The molecule has 1 aromatic carbocycles. The third-order valence-electron chi connectivity index (χ3n) is 5.20. The van der Waals surface area contributed by atoms with Gasteiger partial charge in [0.05, 0.1) is 11.9 Å². The maximum atomic E-state index is 4.56. The molecule has 0 saturated carbocycles. The van der Waals surface area contributed by atoms with Crippen molar-refractivity contribution in [2.24, 2.45) is 0 Å². The van der Waals surface area contributed by atoms with Gasteiger partial charge in [-0.2, -0.15) is 5.10 Å². The topological polar surface area (TPSA) is 24.3 Å². The molecular formula is C19H26N4. The minimum absolute atomic E-state index is 0.782. The maximum absolute atomic E-state index is 4.56. The predicted molar refractivity (Wildman–Crippen MR) is 92.8 cm³/mol. The Bertz CT molecular complexity index is 663. The second-order valence-electron chi connectivity index (χ2n) is 7.05. The van der Waals surface area contributed by atoms with Crippen molar-refractivity contribution in [2.45, 2.75) is 38.8 Å². The molecule has 122 valence electrons.